The third kappa shape index (κ3) is 7.02. The first-order chi connectivity index (χ1) is 37.4. The van der Waals surface area contributed by atoms with Crippen LogP contribution in [-0.4, -0.2) is 0 Å². The van der Waals surface area contributed by atoms with Gasteiger partial charge < -0.3 is 9.80 Å². The lowest BCUT2D eigenvalue weighted by molar-refractivity contribution is 0.660. The molecule has 2 nitrogen and oxygen atoms in total. The molecule has 76 heavy (non-hydrogen) atoms. The van der Waals surface area contributed by atoms with Crippen LogP contribution in [0.4, 0.5) is 34.1 Å². The number of hydrogen-bond donors (Lipinski definition) is 0. The van der Waals surface area contributed by atoms with E-state index in [9.17, 15) is 0 Å². The molecule has 2 aliphatic carbocycles. The zero-order valence-corrected chi connectivity index (χ0v) is 42.5. The van der Waals surface area contributed by atoms with Crippen molar-refractivity contribution >= 4 is 77.2 Å². The number of rotatable bonds is 8. The first kappa shape index (κ1) is 44.0. The molecule has 2 heteroatoms. The molecule has 15 rings (SSSR count). The van der Waals surface area contributed by atoms with Gasteiger partial charge in [0.25, 0.3) is 0 Å². The van der Waals surface area contributed by atoms with Crippen LogP contribution in [0.2, 0.25) is 0 Å². The molecule has 0 radical (unpaired) electrons. The highest BCUT2D eigenvalue weighted by molar-refractivity contribution is 6.32. The Morgan fingerprint density at radius 1 is 0.276 bits per heavy atom. The number of benzene rings is 13. The second-order valence-corrected chi connectivity index (χ2v) is 21.2. The molecule has 0 atom stereocenters. The quantitative estimate of drug-likeness (QED) is 0.140. The lowest BCUT2D eigenvalue weighted by atomic mass is 9.82. The summed E-state index contributed by atoms with van der Waals surface area (Å²) in [5, 5.41) is 9.96. The molecule has 0 aromatic heterocycles. The van der Waals surface area contributed by atoms with Crippen molar-refractivity contribution in [3.05, 3.63) is 289 Å². The molecule has 0 aliphatic heterocycles. The van der Waals surface area contributed by atoms with E-state index in [1.807, 2.05) is 0 Å². The molecule has 0 spiro atoms. The fourth-order valence-corrected chi connectivity index (χ4v) is 12.9. The third-order valence-electron chi connectivity index (χ3n) is 16.6. The Bertz CT molecular complexity index is 4420. The van der Waals surface area contributed by atoms with Crippen molar-refractivity contribution in [2.24, 2.45) is 0 Å². The Morgan fingerprint density at radius 2 is 0.724 bits per heavy atom. The van der Waals surface area contributed by atoms with Crippen molar-refractivity contribution in [1.29, 1.82) is 0 Å². The summed E-state index contributed by atoms with van der Waals surface area (Å²) in [7, 11) is 0. The van der Waals surface area contributed by atoms with E-state index in [4.69, 9.17) is 0 Å². The Kier molecular flexibility index (Phi) is 10.0. The van der Waals surface area contributed by atoms with Gasteiger partial charge in [0, 0.05) is 39.5 Å². The lowest BCUT2D eigenvalue weighted by Gasteiger charge is -2.29. The van der Waals surface area contributed by atoms with Crippen molar-refractivity contribution in [2.75, 3.05) is 9.80 Å². The van der Waals surface area contributed by atoms with Crippen molar-refractivity contribution in [3.8, 4) is 44.5 Å². The minimum atomic E-state index is -0.131. The van der Waals surface area contributed by atoms with E-state index in [0.717, 1.165) is 40.5 Å². The smallest absolute Gasteiger partial charge is 0.0468 e. The van der Waals surface area contributed by atoms with E-state index >= 15 is 0 Å². The normalized spacial score (nSPS) is 12.9. The van der Waals surface area contributed by atoms with Gasteiger partial charge in [0.15, 0.2) is 0 Å². The number of nitrogens with zero attached hydrogens (tertiary/aromatic N) is 2. The molecule has 0 N–H and O–H groups in total. The van der Waals surface area contributed by atoms with Gasteiger partial charge in [0.2, 0.25) is 0 Å². The van der Waals surface area contributed by atoms with Gasteiger partial charge >= 0.3 is 0 Å². The van der Waals surface area contributed by atoms with Crippen LogP contribution in [0.1, 0.15) is 36.1 Å². The van der Waals surface area contributed by atoms with Crippen LogP contribution in [0.25, 0.3) is 87.6 Å². The lowest BCUT2D eigenvalue weighted by Crippen LogP contribution is -2.16. The van der Waals surface area contributed by atoms with E-state index in [-0.39, 0.29) is 5.41 Å². The minimum Gasteiger partial charge on any atom is -0.310 e. The summed E-state index contributed by atoms with van der Waals surface area (Å²) in [6, 6.07) is 99.3. The highest BCUT2D eigenvalue weighted by atomic mass is 15.1. The number of anilines is 6. The van der Waals surface area contributed by atoms with E-state index < -0.39 is 0 Å². The van der Waals surface area contributed by atoms with E-state index in [2.05, 4.69) is 291 Å². The molecule has 0 saturated carbocycles. The fourth-order valence-electron chi connectivity index (χ4n) is 12.9. The summed E-state index contributed by atoms with van der Waals surface area (Å²) >= 11 is 0. The molecule has 0 heterocycles. The second-order valence-electron chi connectivity index (χ2n) is 21.2. The summed E-state index contributed by atoms with van der Waals surface area (Å²) in [5.74, 6) is 0. The molecule has 358 valence electrons. The first-order valence-electron chi connectivity index (χ1n) is 26.6. The van der Waals surface area contributed by atoms with Crippen molar-refractivity contribution < 1.29 is 0 Å². The molecular weight excluding hydrogens is 917 g/mol. The number of fused-ring (bicyclic) bond motifs is 14. The maximum Gasteiger partial charge on any atom is 0.0468 e. The molecule has 0 amide bonds. The van der Waals surface area contributed by atoms with Gasteiger partial charge in [-0.1, -0.05) is 208 Å². The fraction of sp³-hybridized carbons (Fsp3) is 0.0541. The van der Waals surface area contributed by atoms with Crippen molar-refractivity contribution in [2.45, 2.75) is 25.7 Å². The summed E-state index contributed by atoms with van der Waals surface area (Å²) < 4.78 is 0. The topological polar surface area (TPSA) is 6.48 Å². The minimum absolute atomic E-state index is 0.131. The van der Waals surface area contributed by atoms with Gasteiger partial charge in [-0.3, -0.25) is 0 Å². The Morgan fingerprint density at radius 3 is 1.42 bits per heavy atom. The number of hydrogen-bond acceptors (Lipinski definition) is 2. The monoisotopic (exact) mass is 968 g/mol. The largest absolute Gasteiger partial charge is 0.310 e. The first-order valence-corrected chi connectivity index (χ1v) is 26.6. The zero-order chi connectivity index (χ0) is 50.5. The molecule has 0 bridgehead atoms. The van der Waals surface area contributed by atoms with Crippen molar-refractivity contribution in [1.82, 2.24) is 0 Å². The van der Waals surface area contributed by atoms with Gasteiger partial charge in [-0.05, 0) is 189 Å². The van der Waals surface area contributed by atoms with E-state index in [1.165, 1.54) is 110 Å². The van der Waals surface area contributed by atoms with E-state index in [1.54, 1.807) is 0 Å². The van der Waals surface area contributed by atoms with Gasteiger partial charge in [-0.2, -0.15) is 0 Å². The summed E-state index contributed by atoms with van der Waals surface area (Å²) in [5.41, 5.74) is 22.3. The van der Waals surface area contributed by atoms with Crippen molar-refractivity contribution in [3.63, 3.8) is 0 Å². The van der Waals surface area contributed by atoms with Crippen LogP contribution in [0.15, 0.2) is 267 Å². The Hall–Kier alpha value is -9.50. The predicted molar refractivity (Wildman–Crippen MR) is 323 cm³/mol. The van der Waals surface area contributed by atoms with Crippen LogP contribution in [-0.2, 0) is 11.8 Å². The highest BCUT2D eigenvalue weighted by Gasteiger charge is 2.36. The predicted octanol–water partition coefficient (Wildman–Crippen LogP) is 20.5. The van der Waals surface area contributed by atoms with Crippen LogP contribution in [0.3, 0.4) is 0 Å². The van der Waals surface area contributed by atoms with Gasteiger partial charge in [0.1, 0.15) is 0 Å². The van der Waals surface area contributed by atoms with E-state index in [0.29, 0.717) is 0 Å². The van der Waals surface area contributed by atoms with Crippen LogP contribution < -0.4 is 9.80 Å². The molecule has 13 aromatic rings. The average molecular weight is 969 g/mol. The Balaban J connectivity index is 0.872. The van der Waals surface area contributed by atoms with Crippen LogP contribution in [0.5, 0.6) is 0 Å². The van der Waals surface area contributed by atoms with Crippen LogP contribution in [0, 0.1) is 0 Å². The highest BCUT2D eigenvalue weighted by Crippen LogP contribution is 2.52. The van der Waals surface area contributed by atoms with Gasteiger partial charge in [-0.15, -0.1) is 0 Å². The Labute approximate surface area is 444 Å². The SMILES string of the molecule is CC1(C)c2ccccc2-c2ccc(N(c3ccc(-c4ccccc4)cc3)c3ccc4c(c3)c3ccccc3c3c5ccc(N(c6ccc(-c7ccccc7)cc6)c6ccc7c(c6)Cc6ccccc6-7)cc5ccc43)cc21. The second kappa shape index (κ2) is 17.3. The maximum atomic E-state index is 2.45. The molecule has 0 saturated heterocycles. The summed E-state index contributed by atoms with van der Waals surface area (Å²) in [6.45, 7) is 4.73. The standard InChI is InChI=1S/C74H52N2/c1-74(2)71-24-14-13-22-66(71)67-42-37-60(47-72(67)74)76(56-32-27-51(28-33-56)49-17-7-4-8-18-49)59-36-41-65-69-38-29-53-44-57(35-40-63(53)73(69)68-23-12-11-21-64(68)70(65)46-59)75(55-30-25-50(26-31-55)48-15-5-3-6-16-48)58-34-39-62-54(45-58)43-52-19-9-10-20-61(52)62/h3-42,44-47H,43H2,1-2H3. The molecular formula is C74H52N2. The maximum absolute atomic E-state index is 2.45. The van der Waals surface area contributed by atoms with Gasteiger partial charge in [-0.25, -0.2) is 0 Å². The molecule has 0 unspecified atom stereocenters. The summed E-state index contributed by atoms with van der Waals surface area (Å²) in [4.78, 5) is 4.89. The molecule has 13 aromatic carbocycles. The zero-order valence-electron chi connectivity index (χ0n) is 42.5. The van der Waals surface area contributed by atoms with Crippen LogP contribution >= 0.6 is 0 Å². The average Bonchev–Trinajstić information content (AvgIpc) is 3.96. The summed E-state index contributed by atoms with van der Waals surface area (Å²) in [6.07, 6.45) is 0.938. The molecule has 2 aliphatic rings. The van der Waals surface area contributed by atoms with Gasteiger partial charge in [0.05, 0.1) is 0 Å². The molecule has 0 fully saturated rings. The third-order valence-corrected chi connectivity index (χ3v) is 16.6.